The Morgan fingerprint density at radius 2 is 1.95 bits per heavy atom. The number of fused-ring (bicyclic) bond motifs is 1. The average Bonchev–Trinajstić information content (AvgIpc) is 2.90. The second-order valence-electron chi connectivity index (χ2n) is 4.41. The number of halogens is 1. The van der Waals surface area contributed by atoms with Crippen LogP contribution in [0.2, 0.25) is 0 Å². The van der Waals surface area contributed by atoms with Crippen LogP contribution in [0, 0.1) is 10.1 Å². The third-order valence-electron chi connectivity index (χ3n) is 3.05. The van der Waals surface area contributed by atoms with Gasteiger partial charge in [0.25, 0.3) is 5.69 Å². The first-order chi connectivity index (χ1) is 10.1. The van der Waals surface area contributed by atoms with Gasteiger partial charge in [-0.05, 0) is 34.1 Å². The van der Waals surface area contributed by atoms with Crippen LogP contribution < -0.4 is 4.74 Å². The van der Waals surface area contributed by atoms with Crippen LogP contribution in [-0.4, -0.2) is 4.92 Å². The molecule has 0 atom stereocenters. The van der Waals surface area contributed by atoms with Crippen LogP contribution >= 0.6 is 27.3 Å². The summed E-state index contributed by atoms with van der Waals surface area (Å²) in [6.45, 7) is 0.443. The molecule has 2 aromatic carbocycles. The second-order valence-corrected chi connectivity index (χ2v) is 6.32. The number of nitrogens with zero attached hydrogens (tertiary/aromatic N) is 1. The van der Waals surface area contributed by atoms with Gasteiger partial charge in [0.15, 0.2) is 0 Å². The Morgan fingerprint density at radius 3 is 2.62 bits per heavy atom. The van der Waals surface area contributed by atoms with E-state index in [1.807, 2.05) is 23.6 Å². The maximum absolute atomic E-state index is 11.1. The first-order valence-electron chi connectivity index (χ1n) is 6.17. The highest BCUT2D eigenvalue weighted by Crippen LogP contribution is 2.33. The van der Waals surface area contributed by atoms with E-state index in [4.69, 9.17) is 4.74 Å². The van der Waals surface area contributed by atoms with Crippen molar-refractivity contribution in [3.63, 3.8) is 0 Å². The van der Waals surface area contributed by atoms with Gasteiger partial charge in [-0.1, -0.05) is 18.2 Å². The molecule has 4 nitrogen and oxygen atoms in total. The molecule has 0 aliphatic rings. The van der Waals surface area contributed by atoms with Crippen molar-refractivity contribution in [2.75, 3.05) is 0 Å². The van der Waals surface area contributed by atoms with Crippen molar-refractivity contribution in [3.05, 3.63) is 67.3 Å². The predicted octanol–water partition coefficient (Wildman–Crippen LogP) is 5.15. The molecule has 0 bridgehead atoms. The molecule has 0 saturated carbocycles. The summed E-state index contributed by atoms with van der Waals surface area (Å²) in [6, 6.07) is 12.4. The third kappa shape index (κ3) is 2.91. The van der Waals surface area contributed by atoms with E-state index in [0.717, 1.165) is 14.7 Å². The molecule has 1 heterocycles. The molecule has 0 aliphatic heterocycles. The maximum atomic E-state index is 11.1. The van der Waals surface area contributed by atoms with Crippen molar-refractivity contribution in [2.24, 2.45) is 0 Å². The number of ether oxygens (including phenoxy) is 1. The quantitative estimate of drug-likeness (QED) is 0.475. The Morgan fingerprint density at radius 1 is 1.19 bits per heavy atom. The second kappa shape index (κ2) is 5.83. The van der Waals surface area contributed by atoms with Gasteiger partial charge < -0.3 is 4.74 Å². The summed E-state index contributed by atoms with van der Waals surface area (Å²) in [5.74, 6) is 0.653. The van der Waals surface area contributed by atoms with Crippen LogP contribution in [-0.2, 0) is 6.61 Å². The molecular weight excluding hydrogens is 354 g/mol. The van der Waals surface area contributed by atoms with E-state index in [1.165, 1.54) is 6.07 Å². The lowest BCUT2D eigenvalue weighted by molar-refractivity contribution is -0.383. The van der Waals surface area contributed by atoms with Crippen LogP contribution in [0.5, 0.6) is 5.75 Å². The summed E-state index contributed by atoms with van der Waals surface area (Å²) < 4.78 is 6.85. The van der Waals surface area contributed by atoms with Crippen LogP contribution in [0.4, 0.5) is 5.69 Å². The molecular formula is C15H10BrNO3S. The van der Waals surface area contributed by atoms with E-state index >= 15 is 0 Å². The van der Waals surface area contributed by atoms with Crippen molar-refractivity contribution >= 4 is 43.7 Å². The Bertz CT molecular complexity index is 816. The third-order valence-corrected chi connectivity index (χ3v) is 4.72. The van der Waals surface area contributed by atoms with E-state index in [-0.39, 0.29) is 10.6 Å². The van der Waals surface area contributed by atoms with E-state index in [9.17, 15) is 10.1 Å². The van der Waals surface area contributed by atoms with Crippen molar-refractivity contribution < 1.29 is 9.66 Å². The fourth-order valence-electron chi connectivity index (χ4n) is 2.12. The first-order valence-corrected chi connectivity index (χ1v) is 7.84. The normalized spacial score (nSPS) is 10.7. The lowest BCUT2D eigenvalue weighted by Crippen LogP contribution is -1.95. The van der Waals surface area contributed by atoms with Gasteiger partial charge in [-0.3, -0.25) is 10.1 Å². The highest BCUT2D eigenvalue weighted by atomic mass is 79.9. The molecule has 106 valence electrons. The maximum Gasteiger partial charge on any atom is 0.277 e. The van der Waals surface area contributed by atoms with Crippen LogP contribution in [0.25, 0.3) is 10.8 Å². The Kier molecular flexibility index (Phi) is 3.90. The highest BCUT2D eigenvalue weighted by molar-refractivity contribution is 9.10. The summed E-state index contributed by atoms with van der Waals surface area (Å²) in [5.41, 5.74) is 0.0943. The van der Waals surface area contributed by atoms with Gasteiger partial charge in [0.05, 0.1) is 10.3 Å². The molecule has 0 radical (unpaired) electrons. The van der Waals surface area contributed by atoms with Crippen LogP contribution in [0.1, 0.15) is 4.88 Å². The number of hydrogen-bond acceptors (Lipinski definition) is 4. The molecule has 0 saturated heterocycles. The van der Waals surface area contributed by atoms with E-state index in [2.05, 4.69) is 15.9 Å². The van der Waals surface area contributed by atoms with Crippen molar-refractivity contribution in [2.45, 2.75) is 6.61 Å². The molecule has 0 spiro atoms. The Labute approximate surface area is 133 Å². The summed E-state index contributed by atoms with van der Waals surface area (Å²) in [4.78, 5) is 11.8. The SMILES string of the molecule is O=[N+]([O-])c1ccc(OCc2cc(Br)cs2)c2ccccc12. The molecule has 1 aromatic heterocycles. The van der Waals surface area contributed by atoms with Crippen molar-refractivity contribution in [1.82, 2.24) is 0 Å². The van der Waals surface area contributed by atoms with Gasteiger partial charge in [0.2, 0.25) is 0 Å². The van der Waals surface area contributed by atoms with E-state index in [1.54, 1.807) is 29.5 Å². The molecule has 6 heteroatoms. The molecule has 21 heavy (non-hydrogen) atoms. The van der Waals surface area contributed by atoms with Crippen molar-refractivity contribution in [1.29, 1.82) is 0 Å². The topological polar surface area (TPSA) is 52.4 Å². The van der Waals surface area contributed by atoms with Gasteiger partial charge in [0.1, 0.15) is 12.4 Å². The molecule has 3 aromatic rings. The molecule has 0 N–H and O–H groups in total. The average molecular weight is 364 g/mol. The number of nitro groups is 1. The zero-order valence-electron chi connectivity index (χ0n) is 10.8. The summed E-state index contributed by atoms with van der Waals surface area (Å²) >= 11 is 5.01. The van der Waals surface area contributed by atoms with Crippen LogP contribution in [0.15, 0.2) is 52.3 Å². The highest BCUT2D eigenvalue weighted by Gasteiger charge is 2.14. The van der Waals surface area contributed by atoms with Gasteiger partial charge in [0, 0.05) is 26.2 Å². The lowest BCUT2D eigenvalue weighted by atomic mass is 10.1. The molecule has 0 aliphatic carbocycles. The van der Waals surface area contributed by atoms with Gasteiger partial charge in [-0.25, -0.2) is 0 Å². The standard InChI is InChI=1S/C15H10BrNO3S/c16-10-7-11(21-9-10)8-20-15-6-5-14(17(18)19)12-3-1-2-4-13(12)15/h1-7,9H,8H2. The van der Waals surface area contributed by atoms with Crippen molar-refractivity contribution in [3.8, 4) is 5.75 Å². The fourth-order valence-corrected chi connectivity index (χ4v) is 3.48. The minimum atomic E-state index is -0.373. The summed E-state index contributed by atoms with van der Waals surface area (Å²) in [7, 11) is 0. The molecule has 0 amide bonds. The largest absolute Gasteiger partial charge is 0.487 e. The fraction of sp³-hybridized carbons (Fsp3) is 0.0667. The van der Waals surface area contributed by atoms with Gasteiger partial charge in [-0.15, -0.1) is 11.3 Å². The van der Waals surface area contributed by atoms with E-state index < -0.39 is 0 Å². The zero-order valence-corrected chi connectivity index (χ0v) is 13.2. The molecule has 0 fully saturated rings. The number of thiophene rings is 1. The minimum Gasteiger partial charge on any atom is -0.487 e. The predicted molar refractivity (Wildman–Crippen MR) is 87.0 cm³/mol. The lowest BCUT2D eigenvalue weighted by Gasteiger charge is -2.08. The number of non-ortho nitro benzene ring substituents is 1. The Balaban J connectivity index is 1.96. The number of benzene rings is 2. The van der Waals surface area contributed by atoms with Gasteiger partial charge in [-0.2, -0.15) is 0 Å². The summed E-state index contributed by atoms with van der Waals surface area (Å²) in [5, 5.41) is 14.4. The number of hydrogen-bond donors (Lipinski definition) is 0. The molecule has 3 rings (SSSR count). The van der Waals surface area contributed by atoms with Crippen LogP contribution in [0.3, 0.4) is 0 Å². The minimum absolute atomic E-state index is 0.0943. The zero-order chi connectivity index (χ0) is 14.8. The number of nitro benzene ring substituents is 1. The Hall–Kier alpha value is -1.92. The first kappa shape index (κ1) is 14.0. The number of rotatable bonds is 4. The monoisotopic (exact) mass is 363 g/mol. The molecule has 0 unspecified atom stereocenters. The summed E-state index contributed by atoms with van der Waals surface area (Å²) in [6.07, 6.45) is 0. The smallest absolute Gasteiger partial charge is 0.277 e. The van der Waals surface area contributed by atoms with Gasteiger partial charge >= 0.3 is 0 Å². The van der Waals surface area contributed by atoms with E-state index in [0.29, 0.717) is 17.7 Å².